The lowest BCUT2D eigenvalue weighted by molar-refractivity contribution is 0.0920. The van der Waals surface area contributed by atoms with Crippen LogP contribution in [0, 0.1) is 6.92 Å². The van der Waals surface area contributed by atoms with Crippen LogP contribution in [0.15, 0.2) is 36.4 Å². The number of aliphatic hydroxyl groups is 1. The first-order valence-electron chi connectivity index (χ1n) is 7.19. The highest BCUT2D eigenvalue weighted by atomic mass is 32.1. The smallest absolute Gasteiger partial charge is 0.261 e. The van der Waals surface area contributed by atoms with E-state index >= 15 is 0 Å². The van der Waals surface area contributed by atoms with Crippen LogP contribution in [-0.4, -0.2) is 23.7 Å². The van der Waals surface area contributed by atoms with E-state index in [0.29, 0.717) is 6.42 Å². The van der Waals surface area contributed by atoms with Gasteiger partial charge in [-0.05, 0) is 37.0 Å². The van der Waals surface area contributed by atoms with Gasteiger partial charge in [0.1, 0.15) is 0 Å². The molecule has 2 aromatic rings. The molecule has 0 unspecified atom stereocenters. The van der Waals surface area contributed by atoms with E-state index in [1.165, 1.54) is 21.8 Å². The Bertz CT molecular complexity index is 592. The van der Waals surface area contributed by atoms with Crippen LogP contribution in [0.4, 0.5) is 0 Å². The van der Waals surface area contributed by atoms with Crippen molar-refractivity contribution in [2.24, 2.45) is 0 Å². The molecule has 0 aliphatic carbocycles. The Balaban J connectivity index is 2.02. The van der Waals surface area contributed by atoms with Crippen LogP contribution in [-0.2, 0) is 12.8 Å². The van der Waals surface area contributed by atoms with Crippen molar-refractivity contribution in [2.45, 2.75) is 32.7 Å². The maximum atomic E-state index is 12.3. The van der Waals surface area contributed by atoms with Crippen molar-refractivity contribution < 1.29 is 9.90 Å². The molecule has 3 nitrogen and oxygen atoms in total. The summed E-state index contributed by atoms with van der Waals surface area (Å²) in [5.41, 5.74) is 2.32. The number of rotatable bonds is 6. The summed E-state index contributed by atoms with van der Waals surface area (Å²) < 4.78 is 0. The summed E-state index contributed by atoms with van der Waals surface area (Å²) in [5.74, 6) is -0.0993. The Kier molecular flexibility index (Phi) is 5.53. The topological polar surface area (TPSA) is 49.3 Å². The minimum atomic E-state index is -0.257. The minimum absolute atomic E-state index is 0.0639. The third-order valence-electron chi connectivity index (χ3n) is 3.51. The highest BCUT2D eigenvalue weighted by Gasteiger charge is 2.16. The molecule has 0 bridgehead atoms. The Morgan fingerprint density at radius 2 is 2.05 bits per heavy atom. The summed E-state index contributed by atoms with van der Waals surface area (Å²) in [5, 5.41) is 12.4. The van der Waals surface area contributed by atoms with Crippen LogP contribution in [0.3, 0.4) is 0 Å². The molecule has 0 radical (unpaired) electrons. The third kappa shape index (κ3) is 4.16. The van der Waals surface area contributed by atoms with Crippen LogP contribution in [0.1, 0.15) is 32.6 Å². The number of nitrogens with one attached hydrogen (secondary N) is 1. The molecule has 1 heterocycles. The van der Waals surface area contributed by atoms with E-state index < -0.39 is 0 Å². The molecule has 0 spiro atoms. The predicted octanol–water partition coefficient (Wildman–Crippen LogP) is 2.95. The second kappa shape index (κ2) is 7.38. The lowest BCUT2D eigenvalue weighted by Crippen LogP contribution is -2.38. The van der Waals surface area contributed by atoms with Crippen molar-refractivity contribution in [3.8, 4) is 0 Å². The molecule has 0 saturated carbocycles. The van der Waals surface area contributed by atoms with Crippen molar-refractivity contribution in [1.82, 2.24) is 5.32 Å². The van der Waals surface area contributed by atoms with Gasteiger partial charge in [-0.25, -0.2) is 0 Å². The molecule has 21 heavy (non-hydrogen) atoms. The van der Waals surface area contributed by atoms with Crippen LogP contribution >= 0.6 is 11.3 Å². The highest BCUT2D eigenvalue weighted by molar-refractivity contribution is 7.14. The summed E-state index contributed by atoms with van der Waals surface area (Å²) in [6, 6.07) is 11.6. The first-order valence-corrected chi connectivity index (χ1v) is 8.00. The molecule has 2 rings (SSSR count). The van der Waals surface area contributed by atoms with E-state index in [2.05, 4.69) is 12.2 Å². The zero-order valence-electron chi connectivity index (χ0n) is 12.4. The van der Waals surface area contributed by atoms with Gasteiger partial charge in [0.15, 0.2) is 0 Å². The van der Waals surface area contributed by atoms with Gasteiger partial charge in [-0.3, -0.25) is 4.79 Å². The first-order chi connectivity index (χ1) is 10.1. The molecule has 1 aromatic heterocycles. The number of thiophene rings is 1. The minimum Gasteiger partial charge on any atom is -0.394 e. The summed E-state index contributed by atoms with van der Waals surface area (Å²) in [4.78, 5) is 14.2. The molecular formula is C17H21NO2S. The number of carbonyl (C=O) groups is 1. The molecular weight excluding hydrogens is 282 g/mol. The van der Waals surface area contributed by atoms with E-state index in [1.807, 2.05) is 43.3 Å². The number of benzene rings is 1. The SMILES string of the molecule is CCc1cc(C(=O)N[C@H](CO)Cc2ccccc2)sc1C. The van der Waals surface area contributed by atoms with Crippen molar-refractivity contribution in [3.05, 3.63) is 57.3 Å². The van der Waals surface area contributed by atoms with Gasteiger partial charge in [0.05, 0.1) is 17.5 Å². The monoisotopic (exact) mass is 303 g/mol. The molecule has 1 atom stereocenters. The average Bonchev–Trinajstić information content (AvgIpc) is 2.88. The lowest BCUT2D eigenvalue weighted by atomic mass is 10.1. The first kappa shape index (κ1) is 15.7. The molecule has 0 aliphatic rings. The molecule has 4 heteroatoms. The number of carbonyl (C=O) groups excluding carboxylic acids is 1. The molecule has 2 N–H and O–H groups in total. The van der Waals surface area contributed by atoms with E-state index in [1.54, 1.807) is 0 Å². The maximum absolute atomic E-state index is 12.3. The zero-order valence-corrected chi connectivity index (χ0v) is 13.2. The quantitative estimate of drug-likeness (QED) is 0.862. The number of hydrogen-bond acceptors (Lipinski definition) is 3. The van der Waals surface area contributed by atoms with Gasteiger partial charge < -0.3 is 10.4 Å². The largest absolute Gasteiger partial charge is 0.394 e. The zero-order chi connectivity index (χ0) is 15.2. The van der Waals surface area contributed by atoms with Crippen LogP contribution in [0.25, 0.3) is 0 Å². The maximum Gasteiger partial charge on any atom is 0.261 e. The molecule has 0 saturated heterocycles. The van der Waals surface area contributed by atoms with E-state index in [0.717, 1.165) is 16.9 Å². The second-order valence-electron chi connectivity index (χ2n) is 5.09. The molecule has 0 fully saturated rings. The molecule has 1 amide bonds. The highest BCUT2D eigenvalue weighted by Crippen LogP contribution is 2.22. The lowest BCUT2D eigenvalue weighted by Gasteiger charge is -2.15. The van der Waals surface area contributed by atoms with Gasteiger partial charge in [0.25, 0.3) is 5.91 Å². The second-order valence-corrected chi connectivity index (χ2v) is 6.34. The molecule has 0 aliphatic heterocycles. The number of amides is 1. The molecule has 112 valence electrons. The number of aliphatic hydroxyl groups excluding tert-OH is 1. The van der Waals surface area contributed by atoms with Gasteiger partial charge in [-0.15, -0.1) is 11.3 Å². The number of hydrogen-bond donors (Lipinski definition) is 2. The summed E-state index contributed by atoms with van der Waals surface area (Å²) in [6.07, 6.45) is 1.57. The van der Waals surface area contributed by atoms with Crippen molar-refractivity contribution in [3.63, 3.8) is 0 Å². The fourth-order valence-electron chi connectivity index (χ4n) is 2.30. The van der Waals surface area contributed by atoms with E-state index in [-0.39, 0.29) is 18.6 Å². The van der Waals surface area contributed by atoms with Gasteiger partial charge >= 0.3 is 0 Å². The third-order valence-corrected chi connectivity index (χ3v) is 4.60. The van der Waals surface area contributed by atoms with Crippen LogP contribution in [0.2, 0.25) is 0 Å². The Morgan fingerprint density at radius 3 is 2.62 bits per heavy atom. The number of aryl methyl sites for hydroxylation is 2. The summed E-state index contributed by atoms with van der Waals surface area (Å²) in [6.45, 7) is 4.06. The summed E-state index contributed by atoms with van der Waals surface area (Å²) in [7, 11) is 0. The fraction of sp³-hybridized carbons (Fsp3) is 0.353. The van der Waals surface area contributed by atoms with Crippen molar-refractivity contribution >= 4 is 17.2 Å². The Morgan fingerprint density at radius 1 is 1.33 bits per heavy atom. The fourth-order valence-corrected chi connectivity index (χ4v) is 3.32. The Hall–Kier alpha value is -1.65. The summed E-state index contributed by atoms with van der Waals surface area (Å²) >= 11 is 1.51. The van der Waals surface area contributed by atoms with Crippen LogP contribution in [0.5, 0.6) is 0 Å². The van der Waals surface area contributed by atoms with Crippen molar-refractivity contribution in [2.75, 3.05) is 6.61 Å². The molecule has 1 aromatic carbocycles. The predicted molar refractivity (Wildman–Crippen MR) is 86.9 cm³/mol. The van der Waals surface area contributed by atoms with Crippen LogP contribution < -0.4 is 5.32 Å². The van der Waals surface area contributed by atoms with E-state index in [4.69, 9.17) is 0 Å². The Labute approximate surface area is 129 Å². The normalized spacial score (nSPS) is 12.1. The van der Waals surface area contributed by atoms with Gasteiger partial charge in [-0.1, -0.05) is 37.3 Å². The average molecular weight is 303 g/mol. The van der Waals surface area contributed by atoms with E-state index in [9.17, 15) is 9.90 Å². The van der Waals surface area contributed by atoms with Gasteiger partial charge in [-0.2, -0.15) is 0 Å². The van der Waals surface area contributed by atoms with Gasteiger partial charge in [0.2, 0.25) is 0 Å². The van der Waals surface area contributed by atoms with Crippen molar-refractivity contribution in [1.29, 1.82) is 0 Å². The standard InChI is InChI=1S/C17H21NO2S/c1-3-14-10-16(21-12(14)2)17(20)18-15(11-19)9-13-7-5-4-6-8-13/h4-8,10,15,19H,3,9,11H2,1-2H3,(H,18,20)/t15-/m0/s1. The van der Waals surface area contributed by atoms with Gasteiger partial charge in [0, 0.05) is 4.88 Å².